The van der Waals surface area contributed by atoms with Gasteiger partial charge in [0.05, 0.1) is 5.52 Å². The molecule has 144 valence electrons. The number of aliphatic carboxylic acids is 1. The molecule has 8 nitrogen and oxygen atoms in total. The highest BCUT2D eigenvalue weighted by Crippen LogP contribution is 2.13. The fraction of sp³-hybridized carbons (Fsp3) is 0.385. The summed E-state index contributed by atoms with van der Waals surface area (Å²) in [5, 5.41) is 28.7. The molecule has 2 rings (SSSR count). The average Bonchev–Trinajstić information content (AvgIpc) is 2.85. The minimum atomic E-state index is -5.08. The summed E-state index contributed by atoms with van der Waals surface area (Å²) in [5.74, 6) is -3.35. The van der Waals surface area contributed by atoms with Crippen LogP contribution in [0.1, 0.15) is 6.42 Å². The molecule has 26 heavy (non-hydrogen) atoms. The second kappa shape index (κ2) is 8.83. The fourth-order valence-electron chi connectivity index (χ4n) is 2.10. The van der Waals surface area contributed by atoms with Gasteiger partial charge in [0.2, 0.25) is 0 Å². The zero-order valence-corrected chi connectivity index (χ0v) is 13.5. The molecule has 0 aliphatic rings. The fourth-order valence-corrected chi connectivity index (χ4v) is 2.10. The third-order valence-electron chi connectivity index (χ3n) is 3.23. The molecule has 0 radical (unpaired) electrons. The number of aromatic nitrogens is 2. The van der Waals surface area contributed by atoms with Crippen molar-refractivity contribution in [2.75, 3.05) is 13.6 Å². The number of nitrogens with one attached hydrogen (secondary N) is 2. The summed E-state index contributed by atoms with van der Waals surface area (Å²) in [6.45, 7) is 1.06. The van der Waals surface area contributed by atoms with Gasteiger partial charge in [-0.05, 0) is 26.1 Å². The van der Waals surface area contributed by atoms with Gasteiger partial charge in [0.1, 0.15) is 11.3 Å². The van der Waals surface area contributed by atoms with Gasteiger partial charge in [0, 0.05) is 12.0 Å². The molecule has 2 aromatic rings. The molecule has 0 aliphatic carbocycles. The lowest BCUT2D eigenvalue weighted by atomic mass is 9.79. The van der Waals surface area contributed by atoms with E-state index in [4.69, 9.17) is 9.90 Å². The lowest BCUT2D eigenvalue weighted by Crippen LogP contribution is -2.33. The molecule has 0 aliphatic heterocycles. The van der Waals surface area contributed by atoms with Crippen molar-refractivity contribution in [3.05, 3.63) is 28.4 Å². The molecule has 1 aromatic carbocycles. The quantitative estimate of drug-likeness (QED) is 0.267. The Balaban J connectivity index is 0.000000412. The van der Waals surface area contributed by atoms with Crippen LogP contribution < -0.4 is 16.5 Å². The molecule has 0 saturated heterocycles. The van der Waals surface area contributed by atoms with Crippen molar-refractivity contribution < 1.29 is 37.5 Å². The molecule has 0 atom stereocenters. The van der Waals surface area contributed by atoms with Crippen molar-refractivity contribution in [1.82, 2.24) is 14.9 Å². The van der Waals surface area contributed by atoms with Crippen molar-refractivity contribution in [3.63, 3.8) is 0 Å². The maximum atomic E-state index is 13.7. The van der Waals surface area contributed by atoms with Crippen LogP contribution in [-0.4, -0.2) is 57.6 Å². The predicted octanol–water partition coefficient (Wildman–Crippen LogP) is -0.609. The van der Waals surface area contributed by atoms with E-state index in [-0.39, 0.29) is 16.5 Å². The van der Waals surface area contributed by atoms with Crippen LogP contribution in [0.15, 0.2) is 16.9 Å². The molecular formula is C13H16BF4N3O5. The number of carboxylic acids is 1. The second-order valence-electron chi connectivity index (χ2n) is 5.08. The van der Waals surface area contributed by atoms with E-state index in [1.807, 2.05) is 0 Å². The maximum absolute atomic E-state index is 13.7. The van der Waals surface area contributed by atoms with Crippen LogP contribution in [0.5, 0.6) is 0 Å². The molecule has 0 unspecified atom stereocenters. The highest BCUT2D eigenvalue weighted by atomic mass is 19.4. The number of nitrogens with zero attached hydrogens (tertiary/aromatic N) is 1. The van der Waals surface area contributed by atoms with E-state index in [9.17, 15) is 32.4 Å². The predicted molar refractivity (Wildman–Crippen MR) is 84.6 cm³/mol. The number of fused-ring (bicyclic) bond motifs is 1. The first-order valence-electron chi connectivity index (χ1n) is 7.22. The highest BCUT2D eigenvalue weighted by Gasteiger charge is 2.38. The van der Waals surface area contributed by atoms with Gasteiger partial charge < -0.3 is 25.5 Å². The van der Waals surface area contributed by atoms with Gasteiger partial charge in [0.25, 0.3) is 0 Å². The molecule has 1 heterocycles. The molecular weight excluding hydrogens is 365 g/mol. The Labute approximate surface area is 144 Å². The minimum absolute atomic E-state index is 0.0000534. The number of hydrogen-bond acceptors (Lipinski definition) is 5. The third kappa shape index (κ3) is 5.31. The lowest BCUT2D eigenvalue weighted by Gasteiger charge is -2.07. The Morgan fingerprint density at radius 3 is 2.38 bits per heavy atom. The van der Waals surface area contributed by atoms with E-state index in [1.54, 1.807) is 7.05 Å². The van der Waals surface area contributed by atoms with Crippen LogP contribution in [0.3, 0.4) is 0 Å². The van der Waals surface area contributed by atoms with Gasteiger partial charge in [0.15, 0.2) is 0 Å². The van der Waals surface area contributed by atoms with Gasteiger partial charge in [-0.2, -0.15) is 13.2 Å². The number of carboxylic acid groups (broad SMARTS) is 1. The van der Waals surface area contributed by atoms with Gasteiger partial charge in [-0.15, -0.1) is 0 Å². The Morgan fingerprint density at radius 1 is 1.35 bits per heavy atom. The standard InChI is InChI=1S/C11H15BFN3O3.C2HF3O2/c1-14-5-2-6-16-10-7(12(18)19)3-4-8(13)9(10)15-11(16)17;3-2(4,5)1(6)7/h3-4,14,18-19H,2,5-6H2,1H3,(H,15,17);(H,6,7). The summed E-state index contributed by atoms with van der Waals surface area (Å²) < 4.78 is 46.7. The zero-order chi connectivity index (χ0) is 20.1. The largest absolute Gasteiger partial charge is 0.490 e. The van der Waals surface area contributed by atoms with Gasteiger partial charge in [-0.25, -0.2) is 14.0 Å². The number of aromatic amines is 1. The summed E-state index contributed by atoms with van der Waals surface area (Å²) in [4.78, 5) is 23.1. The van der Waals surface area contributed by atoms with E-state index < -0.39 is 30.8 Å². The first kappa shape index (κ1) is 21.7. The summed E-state index contributed by atoms with van der Waals surface area (Å²) in [6.07, 6.45) is -4.42. The number of benzene rings is 1. The van der Waals surface area contributed by atoms with Crippen molar-refractivity contribution in [3.8, 4) is 0 Å². The van der Waals surface area contributed by atoms with E-state index in [0.717, 1.165) is 6.07 Å². The van der Waals surface area contributed by atoms with Crippen molar-refractivity contribution in [1.29, 1.82) is 0 Å². The zero-order valence-electron chi connectivity index (χ0n) is 13.5. The van der Waals surface area contributed by atoms with Crippen molar-refractivity contribution in [2.45, 2.75) is 19.1 Å². The summed E-state index contributed by atoms with van der Waals surface area (Å²) in [6, 6.07) is 2.37. The molecule has 1 aromatic heterocycles. The van der Waals surface area contributed by atoms with Crippen LogP contribution in [0.2, 0.25) is 0 Å². The Morgan fingerprint density at radius 2 is 1.92 bits per heavy atom. The van der Waals surface area contributed by atoms with Gasteiger partial charge in [-0.3, -0.25) is 4.57 Å². The molecule has 5 N–H and O–H groups in total. The molecule has 0 saturated carbocycles. The number of hydrogen-bond donors (Lipinski definition) is 5. The number of aryl methyl sites for hydroxylation is 1. The highest BCUT2D eigenvalue weighted by molar-refractivity contribution is 6.61. The minimum Gasteiger partial charge on any atom is -0.475 e. The number of carbonyl (C=O) groups is 1. The van der Waals surface area contributed by atoms with Crippen LogP contribution in [0, 0.1) is 5.82 Å². The number of alkyl halides is 3. The maximum Gasteiger partial charge on any atom is 0.490 e. The van der Waals surface area contributed by atoms with E-state index in [2.05, 4.69) is 10.3 Å². The summed E-state index contributed by atoms with van der Waals surface area (Å²) in [7, 11) is 0.0365. The molecule has 0 bridgehead atoms. The second-order valence-corrected chi connectivity index (χ2v) is 5.08. The third-order valence-corrected chi connectivity index (χ3v) is 3.23. The molecule has 13 heteroatoms. The first-order valence-corrected chi connectivity index (χ1v) is 7.22. The van der Waals surface area contributed by atoms with Crippen LogP contribution in [-0.2, 0) is 11.3 Å². The number of H-pyrrole nitrogens is 1. The molecule has 0 fully saturated rings. The first-order chi connectivity index (χ1) is 12.0. The monoisotopic (exact) mass is 381 g/mol. The normalized spacial score (nSPS) is 11.2. The molecule has 0 amide bonds. The van der Waals surface area contributed by atoms with Crippen molar-refractivity contribution in [2.24, 2.45) is 0 Å². The van der Waals surface area contributed by atoms with E-state index >= 15 is 0 Å². The average molecular weight is 381 g/mol. The van der Waals surface area contributed by atoms with Gasteiger partial charge in [-0.1, -0.05) is 6.07 Å². The topological polar surface area (TPSA) is 128 Å². The Hall–Kier alpha value is -2.38. The lowest BCUT2D eigenvalue weighted by molar-refractivity contribution is -0.192. The van der Waals surface area contributed by atoms with Gasteiger partial charge >= 0.3 is 25.0 Å². The van der Waals surface area contributed by atoms with Crippen LogP contribution >= 0.6 is 0 Å². The van der Waals surface area contributed by atoms with Crippen LogP contribution in [0.25, 0.3) is 11.0 Å². The Kier molecular flexibility index (Phi) is 7.35. The number of halogens is 4. The van der Waals surface area contributed by atoms with Crippen molar-refractivity contribution >= 4 is 29.6 Å². The smallest absolute Gasteiger partial charge is 0.475 e. The van der Waals surface area contributed by atoms with E-state index in [0.29, 0.717) is 19.5 Å². The SMILES string of the molecule is CNCCCn1c(=O)[nH]c2c(F)ccc(B(O)O)c21.O=C(O)C(F)(F)F. The Bertz CT molecular complexity index is 818. The van der Waals surface area contributed by atoms with E-state index in [1.165, 1.54) is 10.6 Å². The molecule has 0 spiro atoms. The number of imidazole rings is 1. The summed E-state index contributed by atoms with van der Waals surface area (Å²) >= 11 is 0. The summed E-state index contributed by atoms with van der Waals surface area (Å²) in [5.41, 5.74) is -0.145. The number of rotatable bonds is 5. The van der Waals surface area contributed by atoms with Crippen LogP contribution in [0.4, 0.5) is 17.6 Å².